The Morgan fingerprint density at radius 1 is 1.50 bits per heavy atom. The van der Waals surface area contributed by atoms with Crippen molar-refractivity contribution < 1.29 is 4.79 Å². The molecule has 1 rings (SSSR count). The van der Waals surface area contributed by atoms with Crippen molar-refractivity contribution in [1.29, 1.82) is 5.26 Å². The third-order valence-corrected chi connectivity index (χ3v) is 3.14. The molecule has 1 aromatic rings. The molecule has 1 amide bonds. The van der Waals surface area contributed by atoms with Crippen LogP contribution in [0.15, 0.2) is 11.6 Å². The van der Waals surface area contributed by atoms with E-state index in [2.05, 4.69) is 16.8 Å². The van der Waals surface area contributed by atoms with Gasteiger partial charge in [-0.25, -0.2) is 0 Å². The minimum atomic E-state index is -0.317. The second kappa shape index (κ2) is 6.95. The van der Waals surface area contributed by atoms with E-state index in [9.17, 15) is 4.79 Å². The predicted molar refractivity (Wildman–Crippen MR) is 81.1 cm³/mol. The Morgan fingerprint density at radius 2 is 2.15 bits per heavy atom. The molecular weight excluding hydrogens is 250 g/mol. The molecule has 0 aliphatic carbocycles. The quantitative estimate of drug-likeness (QED) is 0.662. The maximum absolute atomic E-state index is 11.9. The summed E-state index contributed by atoms with van der Waals surface area (Å²) < 4.78 is 2.21. The Morgan fingerprint density at radius 3 is 2.65 bits per heavy atom. The zero-order chi connectivity index (χ0) is 15.3. The topological polar surface area (TPSA) is 57.8 Å². The number of aryl methyl sites for hydroxylation is 1. The first-order chi connectivity index (χ1) is 9.40. The fraction of sp³-hybridized carbons (Fsp3) is 0.500. The second-order valence-electron chi connectivity index (χ2n) is 5.28. The summed E-state index contributed by atoms with van der Waals surface area (Å²) in [6.45, 7) is 10.9. The van der Waals surface area contributed by atoms with Gasteiger partial charge in [0.05, 0.1) is 0 Å². The van der Waals surface area contributed by atoms with E-state index in [4.69, 9.17) is 5.26 Å². The lowest BCUT2D eigenvalue weighted by Crippen LogP contribution is -2.30. The Bertz CT molecular complexity index is 559. The summed E-state index contributed by atoms with van der Waals surface area (Å²) in [6, 6.07) is 4.02. The largest absolute Gasteiger partial charge is 0.349 e. The third-order valence-electron chi connectivity index (χ3n) is 3.14. The highest BCUT2D eigenvalue weighted by atomic mass is 16.1. The molecule has 0 fully saturated rings. The van der Waals surface area contributed by atoms with E-state index in [1.165, 1.54) is 0 Å². The lowest BCUT2D eigenvalue weighted by atomic mass is 10.1. The van der Waals surface area contributed by atoms with Crippen molar-refractivity contribution in [2.45, 2.75) is 53.6 Å². The summed E-state index contributed by atoms with van der Waals surface area (Å²) in [7, 11) is 0. The molecule has 20 heavy (non-hydrogen) atoms. The molecular formula is C16H23N3O. The van der Waals surface area contributed by atoms with Gasteiger partial charge in [-0.1, -0.05) is 6.92 Å². The minimum Gasteiger partial charge on any atom is -0.349 e. The number of nitriles is 1. The highest BCUT2D eigenvalue weighted by Gasteiger charge is 2.13. The van der Waals surface area contributed by atoms with Crippen LogP contribution in [-0.2, 0) is 11.3 Å². The molecule has 1 heterocycles. The molecule has 0 spiro atoms. The summed E-state index contributed by atoms with van der Waals surface area (Å²) in [6.07, 6.45) is 2.73. The van der Waals surface area contributed by atoms with Crippen molar-refractivity contribution >= 4 is 12.0 Å². The number of amides is 1. The second-order valence-corrected chi connectivity index (χ2v) is 5.28. The molecule has 108 valence electrons. The van der Waals surface area contributed by atoms with Gasteiger partial charge in [0.1, 0.15) is 11.6 Å². The van der Waals surface area contributed by atoms with Crippen molar-refractivity contribution in [2.75, 3.05) is 0 Å². The average Bonchev–Trinajstić information content (AvgIpc) is 2.63. The van der Waals surface area contributed by atoms with E-state index < -0.39 is 0 Å². The number of carbonyl (C=O) groups is 1. The van der Waals surface area contributed by atoms with Gasteiger partial charge in [-0.2, -0.15) is 5.26 Å². The lowest BCUT2D eigenvalue weighted by Gasteiger charge is -2.08. The van der Waals surface area contributed by atoms with Gasteiger partial charge in [0.25, 0.3) is 5.91 Å². The van der Waals surface area contributed by atoms with Gasteiger partial charge in [0, 0.05) is 24.0 Å². The molecule has 0 aliphatic heterocycles. The Hall–Kier alpha value is -2.02. The Labute approximate surface area is 121 Å². The Balaban J connectivity index is 3.11. The predicted octanol–water partition coefficient (Wildman–Crippen LogP) is 2.95. The van der Waals surface area contributed by atoms with E-state index in [1.54, 1.807) is 6.08 Å². The maximum atomic E-state index is 11.9. The SMILES string of the molecule is CCCn1c(C)cc(/C=C(/C#N)C(=O)NC(C)C)c1C. The summed E-state index contributed by atoms with van der Waals surface area (Å²) >= 11 is 0. The van der Waals surface area contributed by atoms with Crippen LogP contribution in [0.4, 0.5) is 0 Å². The number of carbonyl (C=O) groups excluding carboxylic acids is 1. The lowest BCUT2D eigenvalue weighted by molar-refractivity contribution is -0.117. The van der Waals surface area contributed by atoms with Gasteiger partial charge in [0.2, 0.25) is 0 Å². The van der Waals surface area contributed by atoms with Gasteiger partial charge in [-0.15, -0.1) is 0 Å². The molecule has 0 bridgehead atoms. The molecule has 1 aromatic heterocycles. The highest BCUT2D eigenvalue weighted by Crippen LogP contribution is 2.18. The minimum absolute atomic E-state index is 0.0202. The molecule has 0 radical (unpaired) electrons. The summed E-state index contributed by atoms with van der Waals surface area (Å²) in [5.74, 6) is -0.317. The van der Waals surface area contributed by atoms with Crippen LogP contribution in [0.5, 0.6) is 0 Å². The van der Waals surface area contributed by atoms with Crippen molar-refractivity contribution in [3.05, 3.63) is 28.6 Å². The van der Waals surface area contributed by atoms with E-state index in [-0.39, 0.29) is 17.5 Å². The van der Waals surface area contributed by atoms with Gasteiger partial charge in [-0.05, 0) is 51.8 Å². The van der Waals surface area contributed by atoms with Gasteiger partial charge < -0.3 is 9.88 Å². The van der Waals surface area contributed by atoms with Gasteiger partial charge in [0.15, 0.2) is 0 Å². The maximum Gasteiger partial charge on any atom is 0.262 e. The van der Waals surface area contributed by atoms with Crippen LogP contribution in [0, 0.1) is 25.2 Å². The molecule has 0 saturated carbocycles. The highest BCUT2D eigenvalue weighted by molar-refractivity contribution is 6.01. The molecule has 1 N–H and O–H groups in total. The van der Waals surface area contributed by atoms with Crippen LogP contribution in [0.25, 0.3) is 6.08 Å². The number of aromatic nitrogens is 1. The van der Waals surface area contributed by atoms with Gasteiger partial charge >= 0.3 is 0 Å². The number of nitrogens with one attached hydrogen (secondary N) is 1. The van der Waals surface area contributed by atoms with Crippen LogP contribution < -0.4 is 5.32 Å². The fourth-order valence-corrected chi connectivity index (χ4v) is 2.19. The molecule has 4 nitrogen and oxygen atoms in total. The zero-order valence-electron chi connectivity index (χ0n) is 12.9. The zero-order valence-corrected chi connectivity index (χ0v) is 12.9. The average molecular weight is 273 g/mol. The van der Waals surface area contributed by atoms with E-state index in [1.807, 2.05) is 39.8 Å². The fourth-order valence-electron chi connectivity index (χ4n) is 2.19. The van der Waals surface area contributed by atoms with Crippen LogP contribution >= 0.6 is 0 Å². The molecule has 4 heteroatoms. The monoisotopic (exact) mass is 273 g/mol. The molecule has 0 aliphatic rings. The van der Waals surface area contributed by atoms with Crippen molar-refractivity contribution in [3.63, 3.8) is 0 Å². The van der Waals surface area contributed by atoms with Gasteiger partial charge in [-0.3, -0.25) is 4.79 Å². The molecule has 0 unspecified atom stereocenters. The van der Waals surface area contributed by atoms with Crippen molar-refractivity contribution in [3.8, 4) is 6.07 Å². The number of hydrogen-bond acceptors (Lipinski definition) is 2. The van der Waals surface area contributed by atoms with Crippen molar-refractivity contribution in [2.24, 2.45) is 0 Å². The normalized spacial score (nSPS) is 11.6. The number of nitrogens with zero attached hydrogens (tertiary/aromatic N) is 2. The molecule has 0 saturated heterocycles. The standard InChI is InChI=1S/C16H23N3O/c1-6-7-19-12(4)8-14(13(19)5)9-15(10-17)16(20)18-11(2)3/h8-9,11H,6-7H2,1-5H3,(H,18,20)/b15-9-. The first-order valence-electron chi connectivity index (χ1n) is 7.00. The smallest absolute Gasteiger partial charge is 0.262 e. The van der Waals surface area contributed by atoms with Crippen LogP contribution in [0.3, 0.4) is 0 Å². The first kappa shape index (κ1) is 16.0. The van der Waals surface area contributed by atoms with Crippen LogP contribution in [-0.4, -0.2) is 16.5 Å². The van der Waals surface area contributed by atoms with E-state index in [0.717, 1.165) is 29.9 Å². The summed E-state index contributed by atoms with van der Waals surface area (Å²) in [5, 5.41) is 11.9. The number of hydrogen-bond donors (Lipinski definition) is 1. The Kier molecular flexibility index (Phi) is 5.57. The molecule has 0 atom stereocenters. The number of rotatable bonds is 5. The summed E-state index contributed by atoms with van der Waals surface area (Å²) in [4.78, 5) is 11.9. The van der Waals surface area contributed by atoms with Crippen molar-refractivity contribution in [1.82, 2.24) is 9.88 Å². The van der Waals surface area contributed by atoms with Crippen LogP contribution in [0.2, 0.25) is 0 Å². The third kappa shape index (κ3) is 3.74. The molecule has 0 aromatic carbocycles. The van der Waals surface area contributed by atoms with E-state index >= 15 is 0 Å². The van der Waals surface area contributed by atoms with E-state index in [0.29, 0.717) is 0 Å². The first-order valence-corrected chi connectivity index (χ1v) is 7.00. The van der Waals surface area contributed by atoms with Crippen LogP contribution in [0.1, 0.15) is 44.1 Å². The summed E-state index contributed by atoms with van der Waals surface area (Å²) in [5.41, 5.74) is 3.33.